The van der Waals surface area contributed by atoms with E-state index in [9.17, 15) is 0 Å². The van der Waals surface area contributed by atoms with E-state index in [0.717, 1.165) is 0 Å². The van der Waals surface area contributed by atoms with E-state index in [1.165, 1.54) is 56.7 Å². The molecule has 0 fully saturated rings. The van der Waals surface area contributed by atoms with Gasteiger partial charge in [0.25, 0.3) is 0 Å². The van der Waals surface area contributed by atoms with Crippen LogP contribution in [0.4, 0.5) is 0 Å². The van der Waals surface area contributed by atoms with E-state index in [-0.39, 0.29) is 6.15 Å². The van der Waals surface area contributed by atoms with Crippen molar-refractivity contribution in [1.82, 2.24) is 6.15 Å². The van der Waals surface area contributed by atoms with Crippen molar-refractivity contribution in [2.24, 2.45) is 0 Å². The second-order valence-corrected chi connectivity index (χ2v) is 10.7. The highest BCUT2D eigenvalue weighted by Crippen LogP contribution is 2.31. The highest BCUT2D eigenvalue weighted by molar-refractivity contribution is 7.20. The maximum Gasteiger partial charge on any atom is 0.156 e. The van der Waals surface area contributed by atoms with Gasteiger partial charge in [0.05, 0.1) is 0 Å². The number of hydrogen-bond acceptors (Lipinski definition) is 1. The molecule has 0 bridgehead atoms. The van der Waals surface area contributed by atoms with Crippen molar-refractivity contribution in [3.63, 3.8) is 0 Å². The SMILES string of the molecule is CCCC[Si](Cl)(CCCC)CCCC.N. The number of hydrogen-bond donors (Lipinski definition) is 1. The highest BCUT2D eigenvalue weighted by Gasteiger charge is 2.28. The molecule has 0 aromatic carbocycles. The minimum absolute atomic E-state index is 0. The molecule has 1 nitrogen and oxygen atoms in total. The van der Waals surface area contributed by atoms with Crippen LogP contribution in [0.3, 0.4) is 0 Å². The summed E-state index contributed by atoms with van der Waals surface area (Å²) in [6.07, 6.45) is 7.97. The van der Waals surface area contributed by atoms with Crippen LogP contribution in [0, 0.1) is 0 Å². The summed E-state index contributed by atoms with van der Waals surface area (Å²) in [6.45, 7) is 6.81. The van der Waals surface area contributed by atoms with E-state index in [2.05, 4.69) is 20.8 Å². The molecule has 94 valence electrons. The van der Waals surface area contributed by atoms with Crippen LogP contribution in [-0.4, -0.2) is 7.38 Å². The molecule has 0 aliphatic heterocycles. The molecule has 0 radical (unpaired) electrons. The molecule has 0 rings (SSSR count). The number of unbranched alkanes of at least 4 members (excludes halogenated alkanes) is 3. The molecule has 15 heavy (non-hydrogen) atoms. The van der Waals surface area contributed by atoms with E-state index in [0.29, 0.717) is 0 Å². The maximum atomic E-state index is 6.81. The molecule has 0 heterocycles. The largest absolute Gasteiger partial charge is 0.344 e. The minimum Gasteiger partial charge on any atom is -0.344 e. The minimum atomic E-state index is -1.34. The normalized spacial score (nSPS) is 11.2. The molecule has 0 aliphatic rings. The Labute approximate surface area is 102 Å². The lowest BCUT2D eigenvalue weighted by atomic mass is 10.4. The van der Waals surface area contributed by atoms with Gasteiger partial charge in [0, 0.05) is 0 Å². The van der Waals surface area contributed by atoms with Crippen molar-refractivity contribution in [1.29, 1.82) is 0 Å². The van der Waals surface area contributed by atoms with Crippen LogP contribution in [0.25, 0.3) is 0 Å². The Morgan fingerprint density at radius 1 is 0.733 bits per heavy atom. The fourth-order valence-corrected chi connectivity index (χ4v) is 6.77. The fourth-order valence-electron chi connectivity index (χ4n) is 1.86. The van der Waals surface area contributed by atoms with Crippen LogP contribution in [0.2, 0.25) is 18.1 Å². The van der Waals surface area contributed by atoms with Gasteiger partial charge in [0.1, 0.15) is 0 Å². The molecule has 3 heteroatoms. The van der Waals surface area contributed by atoms with Gasteiger partial charge in [-0.2, -0.15) is 11.1 Å². The average Bonchev–Trinajstić information content (AvgIpc) is 2.21. The molecule has 0 spiro atoms. The van der Waals surface area contributed by atoms with Gasteiger partial charge >= 0.3 is 0 Å². The lowest BCUT2D eigenvalue weighted by Crippen LogP contribution is -2.26. The van der Waals surface area contributed by atoms with Gasteiger partial charge in [-0.3, -0.25) is 0 Å². The van der Waals surface area contributed by atoms with Gasteiger partial charge in [-0.1, -0.05) is 59.3 Å². The third kappa shape index (κ3) is 9.40. The lowest BCUT2D eigenvalue weighted by molar-refractivity contribution is 0.806. The summed E-state index contributed by atoms with van der Waals surface area (Å²) in [7, 11) is -1.34. The van der Waals surface area contributed by atoms with Crippen LogP contribution in [-0.2, 0) is 0 Å². The second kappa shape index (κ2) is 11.0. The molecular formula is C12H30ClNSi. The first-order valence-corrected chi connectivity index (χ1v) is 10.0. The van der Waals surface area contributed by atoms with Crippen LogP contribution in [0.1, 0.15) is 59.3 Å². The van der Waals surface area contributed by atoms with Crippen LogP contribution in [0.15, 0.2) is 0 Å². The number of rotatable bonds is 9. The topological polar surface area (TPSA) is 35.0 Å². The number of halogens is 1. The van der Waals surface area contributed by atoms with Crippen molar-refractivity contribution < 1.29 is 0 Å². The van der Waals surface area contributed by atoms with Gasteiger partial charge in [-0.15, -0.1) is 0 Å². The predicted molar refractivity (Wildman–Crippen MR) is 75.8 cm³/mol. The van der Waals surface area contributed by atoms with Crippen LogP contribution < -0.4 is 6.15 Å². The quantitative estimate of drug-likeness (QED) is 0.412. The van der Waals surface area contributed by atoms with Crippen molar-refractivity contribution in [2.75, 3.05) is 0 Å². The van der Waals surface area contributed by atoms with E-state index in [1.807, 2.05) is 0 Å². The maximum absolute atomic E-state index is 6.81. The molecule has 0 aromatic heterocycles. The molecule has 0 aliphatic carbocycles. The van der Waals surface area contributed by atoms with Crippen molar-refractivity contribution in [3.8, 4) is 0 Å². The Kier molecular flexibility index (Phi) is 13.1. The van der Waals surface area contributed by atoms with Gasteiger partial charge < -0.3 is 6.15 Å². The summed E-state index contributed by atoms with van der Waals surface area (Å²) < 4.78 is 0. The van der Waals surface area contributed by atoms with E-state index < -0.39 is 7.38 Å². The Bertz CT molecular complexity index is 109. The van der Waals surface area contributed by atoms with Gasteiger partial charge in [-0.05, 0) is 18.1 Å². The summed E-state index contributed by atoms with van der Waals surface area (Å²) in [5.74, 6) is 0. The third-order valence-corrected chi connectivity index (χ3v) is 8.38. The Hall–Kier alpha value is 0.467. The molecule has 0 saturated heterocycles. The van der Waals surface area contributed by atoms with Crippen LogP contribution in [0.5, 0.6) is 0 Å². The summed E-state index contributed by atoms with van der Waals surface area (Å²) >= 11 is 6.81. The molecule has 0 unspecified atom stereocenters. The Morgan fingerprint density at radius 3 is 1.20 bits per heavy atom. The first-order valence-electron chi connectivity index (χ1n) is 6.37. The third-order valence-electron chi connectivity index (χ3n) is 2.94. The summed E-state index contributed by atoms with van der Waals surface area (Å²) in [5.41, 5.74) is 0. The summed E-state index contributed by atoms with van der Waals surface area (Å²) in [6, 6.07) is 4.06. The zero-order valence-corrected chi connectivity index (χ0v) is 12.7. The molecule has 0 atom stereocenters. The lowest BCUT2D eigenvalue weighted by Gasteiger charge is -2.24. The standard InChI is InChI=1S/C12H27ClSi.H3N/c1-4-7-10-14(13,11-8-5-2)12-9-6-3;/h4-12H2,1-3H3;1H3. The van der Waals surface area contributed by atoms with E-state index >= 15 is 0 Å². The zero-order chi connectivity index (χ0) is 10.9. The molecule has 0 saturated carbocycles. The van der Waals surface area contributed by atoms with Crippen LogP contribution >= 0.6 is 11.1 Å². The molecule has 0 amide bonds. The van der Waals surface area contributed by atoms with Crippen molar-refractivity contribution in [3.05, 3.63) is 0 Å². The Balaban J connectivity index is 0. The van der Waals surface area contributed by atoms with E-state index in [1.54, 1.807) is 0 Å². The fraction of sp³-hybridized carbons (Fsp3) is 1.00. The van der Waals surface area contributed by atoms with Gasteiger partial charge in [0.15, 0.2) is 7.38 Å². The first kappa shape index (κ1) is 17.8. The highest BCUT2D eigenvalue weighted by atomic mass is 35.6. The van der Waals surface area contributed by atoms with Crippen molar-refractivity contribution in [2.45, 2.75) is 77.4 Å². The monoisotopic (exact) mass is 251 g/mol. The summed E-state index contributed by atoms with van der Waals surface area (Å²) in [5, 5.41) is 0. The van der Waals surface area contributed by atoms with Crippen molar-refractivity contribution >= 4 is 18.5 Å². The Morgan fingerprint density at radius 2 is 1.00 bits per heavy atom. The zero-order valence-electron chi connectivity index (χ0n) is 10.9. The van der Waals surface area contributed by atoms with Gasteiger partial charge in [-0.25, -0.2) is 0 Å². The second-order valence-electron chi connectivity index (χ2n) is 4.46. The van der Waals surface area contributed by atoms with E-state index in [4.69, 9.17) is 11.1 Å². The summed E-state index contributed by atoms with van der Waals surface area (Å²) in [4.78, 5) is 0. The van der Waals surface area contributed by atoms with Gasteiger partial charge in [0.2, 0.25) is 0 Å². The first-order chi connectivity index (χ1) is 6.68. The average molecular weight is 252 g/mol. The molecule has 3 N–H and O–H groups in total. The predicted octanol–water partition coefficient (Wildman–Crippen LogP) is 5.73. The molecular weight excluding hydrogens is 222 g/mol. The molecule has 0 aromatic rings. The smallest absolute Gasteiger partial charge is 0.156 e.